The van der Waals surface area contributed by atoms with Crippen LogP contribution in [0, 0.1) is 0 Å². The first kappa shape index (κ1) is 12.1. The highest BCUT2D eigenvalue weighted by atomic mass is 32.2. The molecule has 0 aliphatic rings. The summed E-state index contributed by atoms with van der Waals surface area (Å²) in [6.45, 7) is 0. The topological polar surface area (TPSA) is 20.2 Å². The van der Waals surface area contributed by atoms with Crippen molar-refractivity contribution in [1.29, 1.82) is 0 Å². The summed E-state index contributed by atoms with van der Waals surface area (Å²) in [6, 6.07) is 22.4. The van der Waals surface area contributed by atoms with E-state index >= 15 is 0 Å². The number of hydrogen-bond donors (Lipinski definition) is 1. The van der Waals surface area contributed by atoms with Gasteiger partial charge in [-0.05, 0) is 35.0 Å². The molecule has 0 saturated carbocycles. The molecule has 0 aliphatic heterocycles. The molecule has 0 radical (unpaired) electrons. The lowest BCUT2D eigenvalue weighted by Crippen LogP contribution is -1.90. The Morgan fingerprint density at radius 1 is 0.789 bits per heavy atom. The number of hydrogen-bond acceptors (Lipinski definition) is 1. The van der Waals surface area contributed by atoms with Gasteiger partial charge in [0.15, 0.2) is 4.90 Å². The first-order chi connectivity index (χ1) is 9.33. The Bertz CT molecular complexity index is 684. The lowest BCUT2D eigenvalue weighted by molar-refractivity contribution is 0.475. The molecule has 0 aliphatic carbocycles. The van der Waals surface area contributed by atoms with Gasteiger partial charge in [0.25, 0.3) is 0 Å². The maximum absolute atomic E-state index is 9.28. The normalized spacial score (nSPS) is 10.7. The molecule has 0 heterocycles. The monoisotopic (exact) mass is 267 g/mol. The van der Waals surface area contributed by atoms with Gasteiger partial charge in [-0.2, -0.15) is 0 Å². The SMILES string of the molecule is Oc1ccc([SH+]Cc2cccc3ccccc23)cc1. The molecular weight excluding hydrogens is 252 g/mol. The van der Waals surface area contributed by atoms with Crippen molar-refractivity contribution in [2.75, 3.05) is 0 Å². The van der Waals surface area contributed by atoms with Crippen LogP contribution in [0.3, 0.4) is 0 Å². The van der Waals surface area contributed by atoms with Crippen LogP contribution in [0.25, 0.3) is 10.8 Å². The van der Waals surface area contributed by atoms with Crippen LogP contribution < -0.4 is 0 Å². The highest BCUT2D eigenvalue weighted by molar-refractivity contribution is 7.77. The van der Waals surface area contributed by atoms with Gasteiger partial charge in [-0.15, -0.1) is 0 Å². The van der Waals surface area contributed by atoms with Crippen LogP contribution in [0.5, 0.6) is 5.75 Å². The molecule has 94 valence electrons. The maximum Gasteiger partial charge on any atom is 0.153 e. The number of phenolic OH excluding ortho intramolecular Hbond substituents is 1. The van der Waals surface area contributed by atoms with Crippen LogP contribution in [-0.2, 0) is 17.5 Å². The molecule has 0 amide bonds. The van der Waals surface area contributed by atoms with E-state index in [2.05, 4.69) is 42.5 Å². The van der Waals surface area contributed by atoms with E-state index < -0.39 is 0 Å². The quantitative estimate of drug-likeness (QED) is 0.563. The summed E-state index contributed by atoms with van der Waals surface area (Å²) >= 11 is 1.26. The Morgan fingerprint density at radius 2 is 1.53 bits per heavy atom. The number of phenols is 1. The van der Waals surface area contributed by atoms with Crippen molar-refractivity contribution in [3.8, 4) is 5.75 Å². The molecule has 3 aromatic rings. The van der Waals surface area contributed by atoms with Gasteiger partial charge in [-0.25, -0.2) is 0 Å². The summed E-state index contributed by atoms with van der Waals surface area (Å²) in [4.78, 5) is 1.23. The van der Waals surface area contributed by atoms with Gasteiger partial charge < -0.3 is 5.11 Å². The molecule has 0 spiro atoms. The van der Waals surface area contributed by atoms with Crippen LogP contribution in [0.2, 0.25) is 0 Å². The third kappa shape index (κ3) is 2.74. The van der Waals surface area contributed by atoms with E-state index in [1.54, 1.807) is 12.1 Å². The van der Waals surface area contributed by atoms with Crippen LogP contribution in [-0.4, -0.2) is 5.11 Å². The van der Waals surface area contributed by atoms with E-state index in [1.165, 1.54) is 33.0 Å². The fourth-order valence-corrected chi connectivity index (χ4v) is 3.15. The molecule has 1 N–H and O–H groups in total. The zero-order chi connectivity index (χ0) is 13.1. The lowest BCUT2D eigenvalue weighted by Gasteiger charge is -2.02. The van der Waals surface area contributed by atoms with Crippen molar-refractivity contribution in [3.63, 3.8) is 0 Å². The van der Waals surface area contributed by atoms with Crippen LogP contribution in [0.1, 0.15) is 5.56 Å². The summed E-state index contributed by atoms with van der Waals surface area (Å²) in [6.07, 6.45) is 0. The average Bonchev–Trinajstić information content (AvgIpc) is 2.47. The number of benzene rings is 3. The van der Waals surface area contributed by atoms with E-state index in [0.717, 1.165) is 5.75 Å². The predicted molar refractivity (Wildman–Crippen MR) is 82.8 cm³/mol. The van der Waals surface area contributed by atoms with Crippen molar-refractivity contribution in [1.82, 2.24) is 0 Å². The minimum absolute atomic E-state index is 0.323. The zero-order valence-electron chi connectivity index (χ0n) is 10.5. The molecule has 0 atom stereocenters. The Labute approximate surface area is 116 Å². The minimum Gasteiger partial charge on any atom is -0.508 e. The molecule has 3 aromatic carbocycles. The van der Waals surface area contributed by atoms with Crippen molar-refractivity contribution < 1.29 is 5.11 Å². The molecule has 0 saturated heterocycles. The second-order valence-corrected chi connectivity index (χ2v) is 5.62. The molecular formula is C17H15OS+. The second kappa shape index (κ2) is 5.37. The van der Waals surface area contributed by atoms with Gasteiger partial charge in [0.1, 0.15) is 11.5 Å². The predicted octanol–water partition coefficient (Wildman–Crippen LogP) is 3.92. The first-order valence-electron chi connectivity index (χ1n) is 6.26. The van der Waals surface area contributed by atoms with Crippen LogP contribution in [0.4, 0.5) is 0 Å². The van der Waals surface area contributed by atoms with E-state index in [0.29, 0.717) is 5.75 Å². The Hall–Kier alpha value is -1.93. The van der Waals surface area contributed by atoms with Gasteiger partial charge in [0.2, 0.25) is 0 Å². The molecule has 2 heteroatoms. The highest BCUT2D eigenvalue weighted by Gasteiger charge is 2.07. The van der Waals surface area contributed by atoms with E-state index in [1.807, 2.05) is 12.1 Å². The smallest absolute Gasteiger partial charge is 0.153 e. The van der Waals surface area contributed by atoms with E-state index in [-0.39, 0.29) is 0 Å². The molecule has 0 bridgehead atoms. The van der Waals surface area contributed by atoms with Crippen molar-refractivity contribution >= 4 is 22.5 Å². The van der Waals surface area contributed by atoms with Crippen LogP contribution >= 0.6 is 0 Å². The minimum atomic E-state index is 0.323. The summed E-state index contributed by atoms with van der Waals surface area (Å²) in [7, 11) is 0. The summed E-state index contributed by atoms with van der Waals surface area (Å²) in [5, 5.41) is 11.9. The molecule has 3 rings (SSSR count). The Kier molecular flexibility index (Phi) is 3.43. The molecule has 1 nitrogen and oxygen atoms in total. The molecule has 0 unspecified atom stereocenters. The lowest BCUT2D eigenvalue weighted by atomic mass is 10.1. The fourth-order valence-electron chi connectivity index (χ4n) is 2.16. The third-order valence-electron chi connectivity index (χ3n) is 3.16. The summed E-state index contributed by atoms with van der Waals surface area (Å²) in [5.74, 6) is 1.32. The number of thiol groups is 1. The average molecular weight is 267 g/mol. The number of fused-ring (bicyclic) bond motifs is 1. The Morgan fingerprint density at radius 3 is 2.37 bits per heavy atom. The van der Waals surface area contributed by atoms with Gasteiger partial charge >= 0.3 is 0 Å². The van der Waals surface area contributed by atoms with Crippen molar-refractivity contribution in [3.05, 3.63) is 72.3 Å². The van der Waals surface area contributed by atoms with Gasteiger partial charge in [-0.1, -0.05) is 42.5 Å². The number of rotatable bonds is 3. The standard InChI is InChI=1S/C17H14OS/c18-15-8-10-16(11-9-15)19-12-14-6-3-5-13-4-1-2-7-17(13)14/h1-11,18H,12H2/p+1. The zero-order valence-corrected chi connectivity index (χ0v) is 11.3. The summed E-state index contributed by atoms with van der Waals surface area (Å²) < 4.78 is 0. The van der Waals surface area contributed by atoms with E-state index in [4.69, 9.17) is 0 Å². The van der Waals surface area contributed by atoms with Crippen molar-refractivity contribution in [2.24, 2.45) is 0 Å². The molecule has 0 fully saturated rings. The Balaban J connectivity index is 1.84. The van der Waals surface area contributed by atoms with Crippen molar-refractivity contribution in [2.45, 2.75) is 10.6 Å². The largest absolute Gasteiger partial charge is 0.508 e. The molecule has 19 heavy (non-hydrogen) atoms. The van der Waals surface area contributed by atoms with Crippen LogP contribution in [0.15, 0.2) is 71.6 Å². The fraction of sp³-hybridized carbons (Fsp3) is 0.0588. The maximum atomic E-state index is 9.28. The first-order valence-corrected chi connectivity index (χ1v) is 7.34. The molecule has 0 aromatic heterocycles. The van der Waals surface area contributed by atoms with Gasteiger partial charge in [0.05, 0.1) is 0 Å². The number of aromatic hydroxyl groups is 1. The third-order valence-corrected chi connectivity index (χ3v) is 4.32. The highest BCUT2D eigenvalue weighted by Crippen LogP contribution is 2.21. The second-order valence-electron chi connectivity index (χ2n) is 4.47. The van der Waals surface area contributed by atoms with Gasteiger partial charge in [0, 0.05) is 17.3 Å². The summed E-state index contributed by atoms with van der Waals surface area (Å²) in [5.41, 5.74) is 1.37. The van der Waals surface area contributed by atoms with Gasteiger partial charge in [-0.3, -0.25) is 0 Å². The van der Waals surface area contributed by atoms with E-state index in [9.17, 15) is 5.11 Å².